The van der Waals surface area contributed by atoms with Crippen LogP contribution >= 0.6 is 22.6 Å². The molecule has 1 heterocycles. The van der Waals surface area contributed by atoms with E-state index in [1.54, 1.807) is 0 Å². The van der Waals surface area contributed by atoms with Gasteiger partial charge in [0.2, 0.25) is 5.91 Å². The van der Waals surface area contributed by atoms with Gasteiger partial charge in [-0.15, -0.1) is 0 Å². The number of halogens is 1. The summed E-state index contributed by atoms with van der Waals surface area (Å²) in [6.07, 6.45) is 42.8. The number of esters is 1. The molecular weight excluding hydrogens is 737 g/mol. The summed E-state index contributed by atoms with van der Waals surface area (Å²) in [6.45, 7) is 4.51. The maximum Gasteiger partial charge on any atom is 0.347 e. The van der Waals surface area contributed by atoms with Crippen molar-refractivity contribution in [2.75, 3.05) is 0 Å². The van der Waals surface area contributed by atoms with Crippen LogP contribution in [0.5, 0.6) is 0 Å². The monoisotopic (exact) mass is 809 g/mol. The standard InChI is InChI=1S/C43H72INO5/c1-3-5-7-9-11-13-15-17-19-21-23-25-27-29-31-33-38(41(39(47)37-46)50-42(49)43(44)36-35-40(48)45-43)34-32-30-28-26-24-22-20-18-16-14-12-10-8-6-4-2/h15-18,37H,3-14,19-36H2,1-2H3,(H,45,48). The average molecular weight is 810 g/mol. The van der Waals surface area contributed by atoms with Crippen LogP contribution in [0.2, 0.25) is 0 Å². The van der Waals surface area contributed by atoms with Crippen LogP contribution < -0.4 is 5.32 Å². The van der Waals surface area contributed by atoms with E-state index >= 15 is 0 Å². The Bertz CT molecular complexity index is 977. The van der Waals surface area contributed by atoms with Gasteiger partial charge in [0.05, 0.1) is 0 Å². The predicted octanol–water partition coefficient (Wildman–Crippen LogP) is 12.7. The molecule has 50 heavy (non-hydrogen) atoms. The van der Waals surface area contributed by atoms with Crippen molar-refractivity contribution in [1.29, 1.82) is 0 Å². The van der Waals surface area contributed by atoms with Crippen molar-refractivity contribution in [3.63, 3.8) is 0 Å². The summed E-state index contributed by atoms with van der Waals surface area (Å²) in [5.41, 5.74) is 0.763. The van der Waals surface area contributed by atoms with Crippen LogP contribution in [0.3, 0.4) is 0 Å². The molecule has 0 bridgehead atoms. The van der Waals surface area contributed by atoms with Crippen molar-refractivity contribution in [1.82, 2.24) is 5.32 Å². The second-order valence-corrected chi connectivity index (χ2v) is 16.2. The minimum atomic E-state index is -1.21. The Morgan fingerprint density at radius 3 is 1.38 bits per heavy atom. The maximum absolute atomic E-state index is 13.1. The zero-order valence-corrected chi connectivity index (χ0v) is 34.2. The lowest BCUT2D eigenvalue weighted by Gasteiger charge is -2.21. The summed E-state index contributed by atoms with van der Waals surface area (Å²) in [7, 11) is 0. The van der Waals surface area contributed by atoms with Gasteiger partial charge in [0.15, 0.2) is 15.6 Å². The molecule has 0 aromatic rings. The molecule has 7 heteroatoms. The van der Waals surface area contributed by atoms with Gasteiger partial charge in [-0.05, 0) is 112 Å². The Morgan fingerprint density at radius 2 is 1.02 bits per heavy atom. The Kier molecular flexibility index (Phi) is 29.5. The maximum atomic E-state index is 13.1. The molecule has 1 aliphatic heterocycles. The van der Waals surface area contributed by atoms with Crippen molar-refractivity contribution in [3.05, 3.63) is 35.6 Å². The van der Waals surface area contributed by atoms with Gasteiger partial charge in [-0.3, -0.25) is 14.4 Å². The lowest BCUT2D eigenvalue weighted by Crippen LogP contribution is -2.44. The molecular formula is C43H72INO5. The number of ketones is 1. The number of aldehydes is 1. The number of ether oxygens (including phenoxy) is 1. The second kappa shape index (κ2) is 31.9. The Morgan fingerprint density at radius 1 is 0.640 bits per heavy atom. The first-order valence-electron chi connectivity index (χ1n) is 20.6. The zero-order valence-electron chi connectivity index (χ0n) is 32.0. The summed E-state index contributed by atoms with van der Waals surface area (Å²) < 4.78 is 4.47. The van der Waals surface area contributed by atoms with Crippen molar-refractivity contribution in [3.8, 4) is 0 Å². The molecule has 1 atom stereocenters. The number of hydrogen-bond donors (Lipinski definition) is 1. The molecule has 6 nitrogen and oxygen atoms in total. The van der Waals surface area contributed by atoms with E-state index in [2.05, 4.69) is 43.5 Å². The number of unbranched alkanes of at least 4 members (excludes halogenated alkanes) is 22. The summed E-state index contributed by atoms with van der Waals surface area (Å²) in [5.74, 6) is -1.80. The first-order chi connectivity index (χ1) is 24.4. The largest absolute Gasteiger partial charge is 0.420 e. The molecule has 0 spiro atoms. The fourth-order valence-electron chi connectivity index (χ4n) is 6.48. The zero-order chi connectivity index (χ0) is 36.5. The number of alkyl halides is 1. The van der Waals surface area contributed by atoms with Crippen LogP contribution in [-0.4, -0.2) is 27.5 Å². The van der Waals surface area contributed by atoms with Crippen LogP contribution in [0.25, 0.3) is 0 Å². The molecule has 1 N–H and O–H groups in total. The number of allylic oxidation sites excluding steroid dienone is 6. The minimum Gasteiger partial charge on any atom is -0.420 e. The van der Waals surface area contributed by atoms with Crippen molar-refractivity contribution < 1.29 is 23.9 Å². The smallest absolute Gasteiger partial charge is 0.347 e. The third kappa shape index (κ3) is 23.7. The van der Waals surface area contributed by atoms with Gasteiger partial charge < -0.3 is 10.1 Å². The van der Waals surface area contributed by atoms with Gasteiger partial charge in [0.25, 0.3) is 5.78 Å². The molecule has 1 fully saturated rings. The van der Waals surface area contributed by atoms with E-state index in [1.165, 1.54) is 116 Å². The van der Waals surface area contributed by atoms with Crippen LogP contribution in [0.4, 0.5) is 0 Å². The van der Waals surface area contributed by atoms with E-state index in [0.717, 1.165) is 56.9 Å². The normalized spacial score (nSPS) is 15.9. The number of rotatable bonds is 34. The van der Waals surface area contributed by atoms with Gasteiger partial charge in [0, 0.05) is 6.42 Å². The number of hydrogen-bond acceptors (Lipinski definition) is 5. The molecule has 286 valence electrons. The predicted molar refractivity (Wildman–Crippen MR) is 217 cm³/mol. The SMILES string of the molecule is CCCCCCCC=CCCCCCCCCC(CCCCCCCCC=CCCCCCCC)=C(OC(=O)C1(I)CCC(=O)N1)C(=O)C=O. The van der Waals surface area contributed by atoms with Crippen LogP contribution in [0.15, 0.2) is 35.6 Å². The average Bonchev–Trinajstić information content (AvgIpc) is 3.48. The van der Waals surface area contributed by atoms with E-state index in [9.17, 15) is 19.2 Å². The van der Waals surface area contributed by atoms with Crippen LogP contribution in [-0.2, 0) is 23.9 Å². The molecule has 0 aromatic carbocycles. The lowest BCUT2D eigenvalue weighted by atomic mass is 9.97. The third-order valence-electron chi connectivity index (χ3n) is 9.69. The number of carbonyl (C=O) groups excluding carboxylic acids is 4. The summed E-state index contributed by atoms with van der Waals surface area (Å²) in [6, 6.07) is 0. The van der Waals surface area contributed by atoms with E-state index in [4.69, 9.17) is 4.74 Å². The Hall–Kier alpha value is -1.77. The lowest BCUT2D eigenvalue weighted by molar-refractivity contribution is -0.146. The number of nitrogens with one attached hydrogen (secondary N) is 1. The van der Waals surface area contributed by atoms with E-state index in [1.807, 2.05) is 22.6 Å². The van der Waals surface area contributed by atoms with E-state index in [-0.39, 0.29) is 24.4 Å². The third-order valence-corrected chi connectivity index (χ3v) is 10.9. The van der Waals surface area contributed by atoms with Gasteiger partial charge in [0.1, 0.15) is 0 Å². The van der Waals surface area contributed by atoms with Crippen molar-refractivity contribution >= 4 is 46.5 Å². The van der Waals surface area contributed by atoms with Crippen molar-refractivity contribution in [2.24, 2.45) is 0 Å². The van der Waals surface area contributed by atoms with Gasteiger partial charge in [-0.25, -0.2) is 4.79 Å². The van der Waals surface area contributed by atoms with E-state index < -0.39 is 15.3 Å². The highest BCUT2D eigenvalue weighted by molar-refractivity contribution is 14.1. The van der Waals surface area contributed by atoms with E-state index in [0.29, 0.717) is 19.3 Å². The molecule has 0 radical (unpaired) electrons. The topological polar surface area (TPSA) is 89.5 Å². The summed E-state index contributed by atoms with van der Waals surface area (Å²) >= 11 is 1.89. The highest BCUT2D eigenvalue weighted by Crippen LogP contribution is 2.31. The summed E-state index contributed by atoms with van der Waals surface area (Å²) in [4.78, 5) is 49.4. The van der Waals surface area contributed by atoms with Gasteiger partial charge in [-0.2, -0.15) is 0 Å². The van der Waals surface area contributed by atoms with Crippen LogP contribution in [0, 0.1) is 0 Å². The second-order valence-electron chi connectivity index (χ2n) is 14.3. The first-order valence-corrected chi connectivity index (χ1v) is 21.7. The number of Topliss-reactive ketones (excluding diaryl/α,β-unsaturated/α-hetero) is 1. The number of carbonyl (C=O) groups is 4. The molecule has 1 aliphatic rings. The Labute approximate surface area is 320 Å². The summed E-state index contributed by atoms with van der Waals surface area (Å²) in [5, 5.41) is 2.67. The quantitative estimate of drug-likeness (QED) is 0.00668. The van der Waals surface area contributed by atoms with Gasteiger partial charge in [-0.1, -0.05) is 141 Å². The molecule has 0 aliphatic carbocycles. The highest BCUT2D eigenvalue weighted by Gasteiger charge is 2.44. The fraction of sp³-hybridized carbons (Fsp3) is 0.767. The number of amides is 1. The molecule has 0 aromatic heterocycles. The molecule has 1 saturated heterocycles. The highest BCUT2D eigenvalue weighted by atomic mass is 127. The molecule has 1 unspecified atom stereocenters. The molecule has 0 saturated carbocycles. The first kappa shape index (κ1) is 46.3. The van der Waals surface area contributed by atoms with Crippen molar-refractivity contribution in [2.45, 2.75) is 210 Å². The molecule has 1 rings (SSSR count). The Balaban J connectivity index is 2.51. The van der Waals surface area contributed by atoms with Gasteiger partial charge >= 0.3 is 5.97 Å². The van der Waals surface area contributed by atoms with Crippen LogP contribution in [0.1, 0.15) is 206 Å². The molecule has 1 amide bonds. The minimum absolute atomic E-state index is 0.114. The fourth-order valence-corrected chi connectivity index (χ4v) is 7.16.